The zero-order chi connectivity index (χ0) is 22.8. The lowest BCUT2D eigenvalue weighted by Crippen LogP contribution is -2.21. The zero-order valence-corrected chi connectivity index (χ0v) is 17.9. The second-order valence-electron chi connectivity index (χ2n) is 8.15. The Morgan fingerprint density at radius 3 is 2.21 bits per heavy atom. The van der Waals surface area contributed by atoms with Crippen molar-refractivity contribution in [3.05, 3.63) is 112 Å². The molecular formula is C27H22FNO4. The summed E-state index contributed by atoms with van der Waals surface area (Å²) in [7, 11) is 0. The Bertz CT molecular complexity index is 1360. The smallest absolute Gasteiger partial charge is 0.343 e. The molecule has 1 aromatic heterocycles. The second-order valence-corrected chi connectivity index (χ2v) is 8.15. The topological polar surface area (TPSA) is 57.5 Å². The van der Waals surface area contributed by atoms with E-state index in [0.717, 1.165) is 24.0 Å². The Morgan fingerprint density at radius 2 is 1.58 bits per heavy atom. The van der Waals surface area contributed by atoms with Gasteiger partial charge in [0.2, 0.25) is 5.43 Å². The number of pyridine rings is 1. The van der Waals surface area contributed by atoms with Gasteiger partial charge in [0, 0.05) is 18.3 Å². The molecule has 0 spiro atoms. The summed E-state index contributed by atoms with van der Waals surface area (Å²) in [5, 5.41) is 0.237. The number of aromatic nitrogens is 1. The molecule has 5 nitrogen and oxygen atoms in total. The number of benzene rings is 3. The first-order valence-corrected chi connectivity index (χ1v) is 10.9. The van der Waals surface area contributed by atoms with Gasteiger partial charge in [-0.3, -0.25) is 4.79 Å². The predicted molar refractivity (Wildman–Crippen MR) is 123 cm³/mol. The molecule has 1 heterocycles. The van der Waals surface area contributed by atoms with Crippen LogP contribution in [0.4, 0.5) is 4.39 Å². The van der Waals surface area contributed by atoms with Crippen LogP contribution in [0.3, 0.4) is 0 Å². The van der Waals surface area contributed by atoms with E-state index in [1.54, 1.807) is 4.57 Å². The van der Waals surface area contributed by atoms with Gasteiger partial charge in [0.15, 0.2) is 11.6 Å². The number of halogens is 1. The van der Waals surface area contributed by atoms with E-state index in [9.17, 15) is 14.0 Å². The van der Waals surface area contributed by atoms with Crippen molar-refractivity contribution in [2.75, 3.05) is 0 Å². The third-order valence-corrected chi connectivity index (χ3v) is 5.70. The number of carbonyl (C=O) groups excluding carboxylic acids is 1. The molecule has 0 bridgehead atoms. The number of rotatable bonds is 7. The first-order valence-electron chi connectivity index (χ1n) is 10.9. The van der Waals surface area contributed by atoms with Crippen LogP contribution in [-0.2, 0) is 18.0 Å². The second kappa shape index (κ2) is 8.90. The third kappa shape index (κ3) is 4.51. The van der Waals surface area contributed by atoms with E-state index in [0.29, 0.717) is 5.52 Å². The molecular weight excluding hydrogens is 421 g/mol. The Labute approximate surface area is 190 Å². The Kier molecular flexibility index (Phi) is 5.65. The van der Waals surface area contributed by atoms with Crippen LogP contribution in [0, 0.1) is 5.82 Å². The van der Waals surface area contributed by atoms with Gasteiger partial charge in [-0.25, -0.2) is 9.18 Å². The Balaban J connectivity index is 1.49. The molecule has 6 heteroatoms. The number of carbonyl (C=O) groups is 1. The van der Waals surface area contributed by atoms with Crippen molar-refractivity contribution in [3.8, 4) is 5.75 Å². The van der Waals surface area contributed by atoms with E-state index in [2.05, 4.69) is 0 Å². The molecule has 166 valence electrons. The summed E-state index contributed by atoms with van der Waals surface area (Å²) < 4.78 is 27.7. The maximum atomic E-state index is 14.9. The van der Waals surface area contributed by atoms with Gasteiger partial charge in [0.25, 0.3) is 0 Å². The highest BCUT2D eigenvalue weighted by Crippen LogP contribution is 2.38. The molecule has 1 aliphatic carbocycles. The maximum Gasteiger partial charge on any atom is 0.343 e. The van der Waals surface area contributed by atoms with Gasteiger partial charge in [0.05, 0.1) is 10.9 Å². The molecule has 1 aliphatic rings. The fourth-order valence-corrected chi connectivity index (χ4v) is 3.80. The van der Waals surface area contributed by atoms with Crippen molar-refractivity contribution in [1.82, 2.24) is 4.57 Å². The molecule has 0 saturated heterocycles. The van der Waals surface area contributed by atoms with Crippen LogP contribution in [-0.4, -0.2) is 10.5 Å². The molecule has 1 fully saturated rings. The molecule has 0 radical (unpaired) electrons. The lowest BCUT2D eigenvalue weighted by atomic mass is 10.1. The summed E-state index contributed by atoms with van der Waals surface area (Å²) >= 11 is 0. The first-order chi connectivity index (χ1) is 16.1. The number of esters is 1. The SMILES string of the molecule is O=C(OCc1ccccc1)c1cn(C2CC2)c2cc(F)c(OCc3ccccc3)cc2c1=O. The Hall–Kier alpha value is -3.93. The average Bonchev–Trinajstić information content (AvgIpc) is 3.68. The lowest BCUT2D eigenvalue weighted by molar-refractivity contribution is 0.0470. The number of hydrogen-bond acceptors (Lipinski definition) is 4. The van der Waals surface area contributed by atoms with Gasteiger partial charge >= 0.3 is 5.97 Å². The van der Waals surface area contributed by atoms with Crippen LogP contribution >= 0.6 is 0 Å². The summed E-state index contributed by atoms with van der Waals surface area (Å²) in [6.45, 7) is 0.230. The molecule has 5 rings (SSSR count). The number of ether oxygens (including phenoxy) is 2. The minimum Gasteiger partial charge on any atom is -0.486 e. The lowest BCUT2D eigenvalue weighted by Gasteiger charge is -2.15. The van der Waals surface area contributed by atoms with Crippen molar-refractivity contribution in [2.24, 2.45) is 0 Å². The number of nitrogens with zero attached hydrogens (tertiary/aromatic N) is 1. The maximum absolute atomic E-state index is 14.9. The zero-order valence-electron chi connectivity index (χ0n) is 17.9. The molecule has 0 aliphatic heterocycles. The minimum absolute atomic E-state index is 0.0272. The highest BCUT2D eigenvalue weighted by molar-refractivity contribution is 5.94. The van der Waals surface area contributed by atoms with Crippen LogP contribution in [0.25, 0.3) is 10.9 Å². The van der Waals surface area contributed by atoms with Crippen LogP contribution in [0.2, 0.25) is 0 Å². The monoisotopic (exact) mass is 443 g/mol. The fourth-order valence-electron chi connectivity index (χ4n) is 3.80. The normalized spacial score (nSPS) is 13.1. The van der Waals surface area contributed by atoms with Gasteiger partial charge in [-0.05, 0) is 30.0 Å². The van der Waals surface area contributed by atoms with Crippen LogP contribution in [0.1, 0.15) is 40.4 Å². The molecule has 1 saturated carbocycles. The van der Waals surface area contributed by atoms with Gasteiger partial charge in [-0.2, -0.15) is 0 Å². The highest BCUT2D eigenvalue weighted by atomic mass is 19.1. The molecule has 33 heavy (non-hydrogen) atoms. The first kappa shape index (κ1) is 20.9. The van der Waals surface area contributed by atoms with Gasteiger partial charge in [-0.15, -0.1) is 0 Å². The fraction of sp³-hybridized carbons (Fsp3) is 0.185. The van der Waals surface area contributed by atoms with E-state index in [4.69, 9.17) is 9.47 Å². The molecule has 0 unspecified atom stereocenters. The predicted octanol–water partition coefficient (Wildman–Crippen LogP) is 5.41. The summed E-state index contributed by atoms with van der Waals surface area (Å²) in [5.74, 6) is -1.27. The largest absolute Gasteiger partial charge is 0.486 e. The Morgan fingerprint density at radius 1 is 0.939 bits per heavy atom. The van der Waals surface area contributed by atoms with Crippen molar-refractivity contribution < 1.29 is 18.7 Å². The molecule has 0 amide bonds. The van der Waals surface area contributed by atoms with Gasteiger partial charge in [-0.1, -0.05) is 60.7 Å². The minimum atomic E-state index is -0.698. The van der Waals surface area contributed by atoms with E-state index < -0.39 is 17.2 Å². The molecule has 0 atom stereocenters. The van der Waals surface area contributed by atoms with Crippen LogP contribution < -0.4 is 10.2 Å². The summed E-state index contributed by atoms with van der Waals surface area (Å²) in [5.41, 5.74) is 1.60. The summed E-state index contributed by atoms with van der Waals surface area (Å²) in [6.07, 6.45) is 3.31. The quantitative estimate of drug-likeness (QED) is 0.358. The highest BCUT2D eigenvalue weighted by Gasteiger charge is 2.28. The van der Waals surface area contributed by atoms with E-state index >= 15 is 0 Å². The van der Waals surface area contributed by atoms with E-state index in [1.165, 1.54) is 18.3 Å². The average molecular weight is 443 g/mol. The van der Waals surface area contributed by atoms with Crippen molar-refractivity contribution in [2.45, 2.75) is 32.1 Å². The van der Waals surface area contributed by atoms with Crippen LogP contribution in [0.5, 0.6) is 5.75 Å². The molecule has 0 N–H and O–H groups in total. The number of hydrogen-bond donors (Lipinski definition) is 0. The van der Waals surface area contributed by atoms with Gasteiger partial charge < -0.3 is 14.0 Å². The van der Waals surface area contributed by atoms with Gasteiger partial charge in [0.1, 0.15) is 18.8 Å². The van der Waals surface area contributed by atoms with Crippen LogP contribution in [0.15, 0.2) is 83.8 Å². The third-order valence-electron chi connectivity index (χ3n) is 5.70. The standard InChI is InChI=1S/C27H22FNO4/c28-23-14-24-21(13-25(23)32-16-18-7-3-1-4-8-18)26(30)22(15-29(24)20-11-12-20)27(31)33-17-19-9-5-2-6-10-19/h1-10,13-15,20H,11-12,16-17H2. The van der Waals surface area contributed by atoms with E-state index in [1.807, 2.05) is 60.7 Å². The van der Waals surface area contributed by atoms with E-state index in [-0.39, 0.29) is 36.0 Å². The summed E-state index contributed by atoms with van der Waals surface area (Å²) in [6, 6.07) is 21.5. The van der Waals surface area contributed by atoms with Crippen molar-refractivity contribution in [3.63, 3.8) is 0 Å². The van der Waals surface area contributed by atoms with Crippen molar-refractivity contribution in [1.29, 1.82) is 0 Å². The van der Waals surface area contributed by atoms with Crippen molar-refractivity contribution >= 4 is 16.9 Å². The molecule has 4 aromatic rings. The molecule has 3 aromatic carbocycles. The summed E-state index contributed by atoms with van der Waals surface area (Å²) in [4.78, 5) is 26.0. The number of fused-ring (bicyclic) bond motifs is 1.